The number of hydrogen-bond donors (Lipinski definition) is 2. The van der Waals surface area contributed by atoms with Crippen LogP contribution in [-0.4, -0.2) is 29.2 Å². The van der Waals surface area contributed by atoms with Crippen molar-refractivity contribution < 1.29 is 9.72 Å². The van der Waals surface area contributed by atoms with E-state index in [1.165, 1.54) is 11.6 Å². The standard InChI is InChI=1S/C19H21N3O3S/c23-19(20-10-11-26-13-14-4-2-1-3-5-14)15-6-9-17(21-16-7-8-16)18(12-15)22(24)25/h1-6,9,12,16,21H,7-8,10-11,13H2,(H,20,23). The van der Waals surface area contributed by atoms with Crippen molar-refractivity contribution in [3.8, 4) is 0 Å². The van der Waals surface area contributed by atoms with Crippen molar-refractivity contribution in [1.29, 1.82) is 0 Å². The third kappa shape index (κ3) is 5.23. The molecule has 1 saturated carbocycles. The van der Waals surface area contributed by atoms with E-state index < -0.39 is 4.92 Å². The summed E-state index contributed by atoms with van der Waals surface area (Å²) < 4.78 is 0. The number of rotatable bonds is 9. The number of nitrogens with one attached hydrogen (secondary N) is 2. The summed E-state index contributed by atoms with van der Waals surface area (Å²) in [6, 6.07) is 15.0. The predicted octanol–water partition coefficient (Wildman–Crippen LogP) is 3.83. The van der Waals surface area contributed by atoms with Crippen LogP contribution in [0.1, 0.15) is 28.8 Å². The Kier molecular flexibility index (Phi) is 6.12. The van der Waals surface area contributed by atoms with Gasteiger partial charge in [0.05, 0.1) is 4.92 Å². The van der Waals surface area contributed by atoms with Gasteiger partial charge in [0.25, 0.3) is 11.6 Å². The summed E-state index contributed by atoms with van der Waals surface area (Å²) >= 11 is 1.73. The highest BCUT2D eigenvalue weighted by Gasteiger charge is 2.25. The van der Waals surface area contributed by atoms with E-state index in [4.69, 9.17) is 0 Å². The average Bonchev–Trinajstić information content (AvgIpc) is 3.46. The minimum Gasteiger partial charge on any atom is -0.377 e. The van der Waals surface area contributed by atoms with E-state index in [1.807, 2.05) is 18.2 Å². The summed E-state index contributed by atoms with van der Waals surface area (Å²) in [6.07, 6.45) is 2.06. The van der Waals surface area contributed by atoms with Gasteiger partial charge in [-0.15, -0.1) is 0 Å². The molecule has 0 bridgehead atoms. The lowest BCUT2D eigenvalue weighted by atomic mass is 10.1. The fraction of sp³-hybridized carbons (Fsp3) is 0.316. The number of carbonyl (C=O) groups is 1. The number of amides is 1. The number of nitro benzene ring substituents is 1. The summed E-state index contributed by atoms with van der Waals surface area (Å²) in [4.78, 5) is 23.1. The Labute approximate surface area is 156 Å². The molecule has 26 heavy (non-hydrogen) atoms. The second kappa shape index (κ2) is 8.71. The van der Waals surface area contributed by atoms with Gasteiger partial charge in [0.2, 0.25) is 0 Å². The number of thioether (sulfide) groups is 1. The van der Waals surface area contributed by atoms with Crippen molar-refractivity contribution in [3.05, 3.63) is 69.8 Å². The molecule has 0 aromatic heterocycles. The maximum Gasteiger partial charge on any atom is 0.293 e. The number of nitro groups is 1. The number of hydrogen-bond acceptors (Lipinski definition) is 5. The Balaban J connectivity index is 1.49. The van der Waals surface area contributed by atoms with Crippen LogP contribution >= 0.6 is 11.8 Å². The zero-order valence-electron chi connectivity index (χ0n) is 14.3. The summed E-state index contributed by atoms with van der Waals surface area (Å²) in [5, 5.41) is 17.2. The molecule has 136 valence electrons. The average molecular weight is 371 g/mol. The van der Waals surface area contributed by atoms with E-state index in [9.17, 15) is 14.9 Å². The van der Waals surface area contributed by atoms with Crippen molar-refractivity contribution in [1.82, 2.24) is 5.32 Å². The number of carbonyl (C=O) groups excluding carboxylic acids is 1. The van der Waals surface area contributed by atoms with Crippen LogP contribution in [0.4, 0.5) is 11.4 Å². The van der Waals surface area contributed by atoms with Crippen LogP contribution in [-0.2, 0) is 5.75 Å². The van der Waals surface area contributed by atoms with Crippen molar-refractivity contribution in [2.24, 2.45) is 0 Å². The van der Waals surface area contributed by atoms with Crippen molar-refractivity contribution in [2.75, 3.05) is 17.6 Å². The minimum atomic E-state index is -0.447. The lowest BCUT2D eigenvalue weighted by molar-refractivity contribution is -0.384. The first-order valence-corrected chi connectivity index (χ1v) is 9.74. The maximum absolute atomic E-state index is 12.2. The van der Waals surface area contributed by atoms with Crippen LogP contribution < -0.4 is 10.6 Å². The summed E-state index contributed by atoms with van der Waals surface area (Å²) in [5.74, 6) is 1.39. The van der Waals surface area contributed by atoms with Crippen LogP contribution in [0, 0.1) is 10.1 Å². The first-order valence-electron chi connectivity index (χ1n) is 8.58. The molecular formula is C19H21N3O3S. The smallest absolute Gasteiger partial charge is 0.293 e. The molecule has 0 heterocycles. The molecule has 0 unspecified atom stereocenters. The Hall–Kier alpha value is -2.54. The monoisotopic (exact) mass is 371 g/mol. The molecular weight excluding hydrogens is 350 g/mol. The SMILES string of the molecule is O=C(NCCSCc1ccccc1)c1ccc(NC2CC2)c([N+](=O)[O-])c1. The molecule has 0 aliphatic heterocycles. The molecule has 0 atom stereocenters. The quantitative estimate of drug-likeness (QED) is 0.397. The highest BCUT2D eigenvalue weighted by atomic mass is 32.2. The first kappa shape index (κ1) is 18.3. The molecule has 7 heteroatoms. The zero-order chi connectivity index (χ0) is 18.4. The van der Waals surface area contributed by atoms with E-state index in [-0.39, 0.29) is 11.6 Å². The van der Waals surface area contributed by atoms with Gasteiger partial charge in [-0.3, -0.25) is 14.9 Å². The fourth-order valence-electron chi connectivity index (χ4n) is 2.50. The van der Waals surface area contributed by atoms with E-state index in [0.29, 0.717) is 23.8 Å². The largest absolute Gasteiger partial charge is 0.377 e. The van der Waals surface area contributed by atoms with Crippen LogP contribution in [0.15, 0.2) is 48.5 Å². The minimum absolute atomic E-state index is 0.0528. The summed E-state index contributed by atoms with van der Waals surface area (Å²) in [6.45, 7) is 0.520. The predicted molar refractivity (Wildman–Crippen MR) is 105 cm³/mol. The van der Waals surface area contributed by atoms with Gasteiger partial charge in [-0.05, 0) is 30.5 Å². The summed E-state index contributed by atoms with van der Waals surface area (Å²) in [5.41, 5.74) is 1.99. The Morgan fingerprint density at radius 2 is 1.96 bits per heavy atom. The highest BCUT2D eigenvalue weighted by molar-refractivity contribution is 7.98. The number of anilines is 1. The molecule has 1 amide bonds. The lowest BCUT2D eigenvalue weighted by Gasteiger charge is -2.08. The molecule has 6 nitrogen and oxygen atoms in total. The van der Waals surface area contributed by atoms with Crippen LogP contribution in [0.5, 0.6) is 0 Å². The van der Waals surface area contributed by atoms with Crippen molar-refractivity contribution >= 4 is 29.0 Å². The molecule has 0 saturated heterocycles. The van der Waals surface area contributed by atoms with Crippen LogP contribution in [0.2, 0.25) is 0 Å². The van der Waals surface area contributed by atoms with E-state index in [2.05, 4.69) is 22.8 Å². The summed E-state index contributed by atoms with van der Waals surface area (Å²) in [7, 11) is 0. The maximum atomic E-state index is 12.2. The number of nitrogens with zero attached hydrogens (tertiary/aromatic N) is 1. The molecule has 2 aromatic carbocycles. The molecule has 2 N–H and O–H groups in total. The van der Waals surface area contributed by atoms with E-state index in [1.54, 1.807) is 23.9 Å². The van der Waals surface area contributed by atoms with Gasteiger partial charge in [0, 0.05) is 35.7 Å². The van der Waals surface area contributed by atoms with Crippen LogP contribution in [0.25, 0.3) is 0 Å². The third-order valence-electron chi connectivity index (χ3n) is 4.04. The Morgan fingerprint density at radius 3 is 2.65 bits per heavy atom. The highest BCUT2D eigenvalue weighted by Crippen LogP contribution is 2.31. The van der Waals surface area contributed by atoms with Crippen molar-refractivity contribution in [3.63, 3.8) is 0 Å². The Bertz CT molecular complexity index is 779. The fourth-order valence-corrected chi connectivity index (χ4v) is 3.32. The van der Waals surface area contributed by atoms with Gasteiger partial charge in [-0.25, -0.2) is 0 Å². The van der Waals surface area contributed by atoms with Gasteiger partial charge in [0.15, 0.2) is 0 Å². The second-order valence-corrected chi connectivity index (χ2v) is 7.31. The second-order valence-electron chi connectivity index (χ2n) is 6.20. The molecule has 1 aliphatic carbocycles. The van der Waals surface area contributed by atoms with Crippen LogP contribution in [0.3, 0.4) is 0 Å². The molecule has 1 aliphatic rings. The lowest BCUT2D eigenvalue weighted by Crippen LogP contribution is -2.25. The van der Waals surface area contributed by atoms with E-state index in [0.717, 1.165) is 24.3 Å². The first-order chi connectivity index (χ1) is 12.6. The molecule has 2 aromatic rings. The van der Waals surface area contributed by atoms with Gasteiger partial charge >= 0.3 is 0 Å². The number of benzene rings is 2. The topological polar surface area (TPSA) is 84.3 Å². The van der Waals surface area contributed by atoms with Crippen molar-refractivity contribution in [2.45, 2.75) is 24.6 Å². The van der Waals surface area contributed by atoms with Gasteiger partial charge in [-0.2, -0.15) is 11.8 Å². The van der Waals surface area contributed by atoms with Gasteiger partial charge in [-0.1, -0.05) is 30.3 Å². The normalized spacial score (nSPS) is 13.2. The third-order valence-corrected chi connectivity index (χ3v) is 5.07. The van der Waals surface area contributed by atoms with Gasteiger partial charge < -0.3 is 10.6 Å². The Morgan fingerprint density at radius 1 is 1.19 bits per heavy atom. The molecule has 0 spiro atoms. The zero-order valence-corrected chi connectivity index (χ0v) is 15.1. The molecule has 1 fully saturated rings. The van der Waals surface area contributed by atoms with Gasteiger partial charge in [0.1, 0.15) is 5.69 Å². The van der Waals surface area contributed by atoms with E-state index >= 15 is 0 Å². The molecule has 3 rings (SSSR count). The molecule has 0 radical (unpaired) electrons.